The Labute approximate surface area is 107 Å². The molecule has 1 aliphatic carbocycles. The van der Waals surface area contributed by atoms with Crippen LogP contribution in [0.2, 0.25) is 0 Å². The fourth-order valence-electron chi connectivity index (χ4n) is 3.23. The maximum atomic E-state index is 5.87. The summed E-state index contributed by atoms with van der Waals surface area (Å²) in [5, 5.41) is 0. The highest BCUT2D eigenvalue weighted by Crippen LogP contribution is 2.31. The van der Waals surface area contributed by atoms with Crippen molar-refractivity contribution in [1.82, 2.24) is 9.80 Å². The lowest BCUT2D eigenvalue weighted by molar-refractivity contribution is 0.144. The van der Waals surface area contributed by atoms with Crippen LogP contribution >= 0.6 is 0 Å². The minimum Gasteiger partial charge on any atom is -0.330 e. The van der Waals surface area contributed by atoms with Crippen LogP contribution in [0.25, 0.3) is 0 Å². The summed E-state index contributed by atoms with van der Waals surface area (Å²) in [6.07, 6.45) is 4.11. The normalized spacial score (nSPS) is 27.0. The Bertz CT molecular complexity index is 206. The molecule has 0 aromatic rings. The zero-order valence-corrected chi connectivity index (χ0v) is 12.2. The summed E-state index contributed by atoms with van der Waals surface area (Å²) < 4.78 is 0. The highest BCUT2D eigenvalue weighted by atomic mass is 15.2. The first-order chi connectivity index (χ1) is 8.08. The fraction of sp³-hybridized carbons (Fsp3) is 1.00. The van der Waals surface area contributed by atoms with Gasteiger partial charge in [0, 0.05) is 19.1 Å². The molecular formula is C14H31N3. The number of rotatable bonds is 7. The van der Waals surface area contributed by atoms with Gasteiger partial charge in [0.25, 0.3) is 0 Å². The first-order valence-corrected chi connectivity index (χ1v) is 7.17. The molecule has 0 aromatic heterocycles. The van der Waals surface area contributed by atoms with Gasteiger partial charge in [-0.25, -0.2) is 0 Å². The summed E-state index contributed by atoms with van der Waals surface area (Å²) in [5.74, 6) is 1.61. The Balaban J connectivity index is 2.45. The van der Waals surface area contributed by atoms with E-state index in [1.54, 1.807) is 0 Å². The molecule has 2 N–H and O–H groups in total. The molecule has 3 heteroatoms. The second kappa shape index (κ2) is 7.34. The second-order valence-electron chi connectivity index (χ2n) is 5.89. The third kappa shape index (κ3) is 4.57. The van der Waals surface area contributed by atoms with Crippen molar-refractivity contribution in [2.45, 2.75) is 39.2 Å². The van der Waals surface area contributed by atoms with Crippen LogP contribution in [0.15, 0.2) is 0 Å². The molecule has 0 radical (unpaired) electrons. The molecule has 0 aromatic carbocycles. The van der Waals surface area contributed by atoms with Gasteiger partial charge in [-0.2, -0.15) is 0 Å². The zero-order chi connectivity index (χ0) is 12.8. The van der Waals surface area contributed by atoms with Gasteiger partial charge in [0.15, 0.2) is 0 Å². The van der Waals surface area contributed by atoms with E-state index in [1.165, 1.54) is 25.8 Å². The number of hydrogen-bond acceptors (Lipinski definition) is 3. The summed E-state index contributed by atoms with van der Waals surface area (Å²) in [6, 6.07) is 0.647. The molecule has 102 valence electrons. The average Bonchev–Trinajstić information content (AvgIpc) is 2.71. The molecule has 3 atom stereocenters. The van der Waals surface area contributed by atoms with Crippen LogP contribution < -0.4 is 5.73 Å². The molecule has 0 aliphatic heterocycles. The number of likely N-dealkylation sites (N-methyl/N-ethyl adjacent to an activating group) is 2. The molecule has 3 unspecified atom stereocenters. The molecule has 3 nitrogen and oxygen atoms in total. The summed E-state index contributed by atoms with van der Waals surface area (Å²) in [7, 11) is 4.31. The molecule has 0 spiro atoms. The van der Waals surface area contributed by atoms with E-state index in [4.69, 9.17) is 5.73 Å². The van der Waals surface area contributed by atoms with E-state index in [9.17, 15) is 0 Å². The monoisotopic (exact) mass is 241 g/mol. The lowest BCUT2D eigenvalue weighted by Crippen LogP contribution is -2.43. The lowest BCUT2D eigenvalue weighted by Gasteiger charge is -2.33. The van der Waals surface area contributed by atoms with Crippen molar-refractivity contribution >= 4 is 0 Å². The average molecular weight is 241 g/mol. The predicted octanol–water partition coefficient (Wildman–Crippen LogP) is 1.63. The smallest absolute Gasteiger partial charge is 0.0194 e. The van der Waals surface area contributed by atoms with Crippen molar-refractivity contribution in [3.8, 4) is 0 Å². The zero-order valence-electron chi connectivity index (χ0n) is 12.2. The molecule has 0 bridgehead atoms. The van der Waals surface area contributed by atoms with E-state index in [-0.39, 0.29) is 0 Å². The van der Waals surface area contributed by atoms with Gasteiger partial charge >= 0.3 is 0 Å². The summed E-state index contributed by atoms with van der Waals surface area (Å²) in [4.78, 5) is 4.90. The van der Waals surface area contributed by atoms with Crippen LogP contribution in [0.4, 0.5) is 0 Å². The minimum absolute atomic E-state index is 0.647. The Morgan fingerprint density at radius 2 is 1.88 bits per heavy atom. The third-order valence-corrected chi connectivity index (χ3v) is 4.25. The fourth-order valence-corrected chi connectivity index (χ4v) is 3.23. The van der Waals surface area contributed by atoms with Crippen molar-refractivity contribution in [1.29, 1.82) is 0 Å². The first kappa shape index (κ1) is 14.9. The van der Waals surface area contributed by atoms with Crippen molar-refractivity contribution in [3.63, 3.8) is 0 Å². The summed E-state index contributed by atoms with van der Waals surface area (Å²) >= 11 is 0. The van der Waals surface area contributed by atoms with Crippen LogP contribution in [0.5, 0.6) is 0 Å². The lowest BCUT2D eigenvalue weighted by atomic mass is 9.95. The van der Waals surface area contributed by atoms with Crippen LogP contribution in [-0.2, 0) is 0 Å². The predicted molar refractivity (Wildman–Crippen MR) is 75.1 cm³/mol. The van der Waals surface area contributed by atoms with Crippen molar-refractivity contribution in [3.05, 3.63) is 0 Å². The van der Waals surface area contributed by atoms with Gasteiger partial charge in [-0.05, 0) is 58.8 Å². The van der Waals surface area contributed by atoms with Gasteiger partial charge in [-0.3, -0.25) is 4.90 Å². The molecule has 1 rings (SSSR count). The number of nitrogens with zero attached hydrogens (tertiary/aromatic N) is 2. The van der Waals surface area contributed by atoms with Crippen LogP contribution in [0.1, 0.15) is 33.1 Å². The van der Waals surface area contributed by atoms with Crippen LogP contribution in [-0.4, -0.2) is 56.1 Å². The van der Waals surface area contributed by atoms with Gasteiger partial charge in [0.05, 0.1) is 0 Å². The molecule has 0 heterocycles. The van der Waals surface area contributed by atoms with Gasteiger partial charge < -0.3 is 10.6 Å². The minimum atomic E-state index is 0.647. The highest BCUT2D eigenvalue weighted by molar-refractivity contribution is 4.82. The molecule has 0 saturated heterocycles. The Morgan fingerprint density at radius 1 is 1.24 bits per heavy atom. The van der Waals surface area contributed by atoms with E-state index in [2.05, 4.69) is 37.7 Å². The molecule has 1 fully saturated rings. The van der Waals surface area contributed by atoms with Gasteiger partial charge in [-0.1, -0.05) is 13.3 Å². The van der Waals surface area contributed by atoms with E-state index < -0.39 is 0 Å². The SMILES string of the molecule is CCN(CC1CCCC1CN)C(C)CN(C)C. The quantitative estimate of drug-likeness (QED) is 0.735. The summed E-state index contributed by atoms with van der Waals surface area (Å²) in [6.45, 7) is 9.04. The number of nitrogens with two attached hydrogens (primary N) is 1. The third-order valence-electron chi connectivity index (χ3n) is 4.25. The van der Waals surface area contributed by atoms with Crippen LogP contribution in [0.3, 0.4) is 0 Å². The maximum Gasteiger partial charge on any atom is 0.0194 e. The second-order valence-corrected chi connectivity index (χ2v) is 5.89. The molecule has 1 saturated carbocycles. The van der Waals surface area contributed by atoms with Gasteiger partial charge in [0.2, 0.25) is 0 Å². The Hall–Kier alpha value is -0.120. The van der Waals surface area contributed by atoms with Gasteiger partial charge in [-0.15, -0.1) is 0 Å². The van der Waals surface area contributed by atoms with Crippen LogP contribution in [0, 0.1) is 11.8 Å². The van der Waals surface area contributed by atoms with E-state index in [0.29, 0.717) is 6.04 Å². The standard InChI is InChI=1S/C14H31N3/c1-5-17(12(2)10-16(3)4)11-14-8-6-7-13(14)9-15/h12-14H,5-11,15H2,1-4H3. The van der Waals surface area contributed by atoms with Crippen molar-refractivity contribution in [2.75, 3.05) is 40.3 Å². The van der Waals surface area contributed by atoms with Gasteiger partial charge in [0.1, 0.15) is 0 Å². The largest absolute Gasteiger partial charge is 0.330 e. The molecular weight excluding hydrogens is 210 g/mol. The van der Waals surface area contributed by atoms with E-state index >= 15 is 0 Å². The molecule has 1 aliphatic rings. The Kier molecular flexibility index (Phi) is 6.45. The van der Waals surface area contributed by atoms with Crippen molar-refractivity contribution in [2.24, 2.45) is 17.6 Å². The highest BCUT2D eigenvalue weighted by Gasteiger charge is 2.28. The van der Waals surface area contributed by atoms with E-state index in [1.807, 2.05) is 0 Å². The Morgan fingerprint density at radius 3 is 2.41 bits per heavy atom. The molecule has 17 heavy (non-hydrogen) atoms. The maximum absolute atomic E-state index is 5.87. The van der Waals surface area contributed by atoms with E-state index in [0.717, 1.165) is 31.5 Å². The first-order valence-electron chi connectivity index (χ1n) is 7.17. The van der Waals surface area contributed by atoms with Crippen molar-refractivity contribution < 1.29 is 0 Å². The molecule has 0 amide bonds. The topological polar surface area (TPSA) is 32.5 Å². The summed E-state index contributed by atoms with van der Waals surface area (Å²) in [5.41, 5.74) is 5.87. The number of hydrogen-bond donors (Lipinski definition) is 1.